The van der Waals surface area contributed by atoms with Crippen molar-refractivity contribution in [2.24, 2.45) is 0 Å². The lowest BCUT2D eigenvalue weighted by Gasteiger charge is -2.24. The average Bonchev–Trinajstić information content (AvgIpc) is 3.00. The molecule has 1 saturated heterocycles. The number of nitrogens with one attached hydrogen (secondary N) is 1. The summed E-state index contributed by atoms with van der Waals surface area (Å²) in [4.78, 5) is 8.36. The lowest BCUT2D eigenvalue weighted by molar-refractivity contribution is 0.0229. The minimum absolute atomic E-state index is 0.0363. The molecule has 1 fully saturated rings. The molecule has 0 aromatic carbocycles. The van der Waals surface area contributed by atoms with Gasteiger partial charge in [0.05, 0.1) is 31.4 Å². The van der Waals surface area contributed by atoms with Gasteiger partial charge < -0.3 is 19.1 Å². The molecule has 18 heavy (non-hydrogen) atoms. The monoisotopic (exact) mass is 249 g/mol. The molecule has 1 atom stereocenters. The number of hydrogen-bond acceptors (Lipinski definition) is 6. The first-order chi connectivity index (χ1) is 8.83. The zero-order valence-corrected chi connectivity index (χ0v) is 10.2. The molecule has 0 saturated carbocycles. The first-order valence-corrected chi connectivity index (χ1v) is 5.94. The van der Waals surface area contributed by atoms with E-state index in [4.69, 9.17) is 9.26 Å². The molecule has 7 nitrogen and oxygen atoms in total. The molecule has 0 radical (unpaired) electrons. The normalized spacial score (nSPS) is 20.2. The van der Waals surface area contributed by atoms with Crippen LogP contribution in [0.2, 0.25) is 0 Å². The molecule has 3 rings (SSSR count). The predicted octanol–water partition coefficient (Wildman–Crippen LogP) is 0.284. The summed E-state index contributed by atoms with van der Waals surface area (Å²) in [7, 11) is 0. The van der Waals surface area contributed by atoms with Gasteiger partial charge in [-0.05, 0) is 0 Å². The average molecular weight is 249 g/mol. The van der Waals surface area contributed by atoms with Crippen molar-refractivity contribution in [3.8, 4) is 0 Å². The summed E-state index contributed by atoms with van der Waals surface area (Å²) in [6, 6.07) is 0. The molecule has 1 unspecified atom stereocenters. The van der Waals surface area contributed by atoms with Crippen molar-refractivity contribution >= 4 is 0 Å². The van der Waals surface area contributed by atoms with Gasteiger partial charge in [-0.3, -0.25) is 0 Å². The Bertz CT molecular complexity index is 515. The zero-order valence-electron chi connectivity index (χ0n) is 10.2. The molecular weight excluding hydrogens is 234 g/mol. The number of ether oxygens (including phenoxy) is 1. The fraction of sp³-hybridized carbons (Fsp3) is 0.545. The number of nitrogens with zero attached hydrogens (tertiary/aromatic N) is 4. The molecule has 2 aromatic heterocycles. The molecule has 0 amide bonds. The lowest BCUT2D eigenvalue weighted by Crippen LogP contribution is -2.34. The van der Waals surface area contributed by atoms with E-state index in [0.29, 0.717) is 18.3 Å². The number of rotatable bonds is 3. The Morgan fingerprint density at radius 3 is 3.22 bits per heavy atom. The van der Waals surface area contributed by atoms with E-state index in [1.165, 1.54) is 0 Å². The van der Waals surface area contributed by atoms with Gasteiger partial charge in [-0.2, -0.15) is 4.98 Å². The molecule has 2 aromatic rings. The first kappa shape index (κ1) is 11.4. The van der Waals surface area contributed by atoms with Crippen molar-refractivity contribution in [1.29, 1.82) is 0 Å². The Labute approximate surface area is 104 Å². The maximum atomic E-state index is 5.72. The van der Waals surface area contributed by atoms with E-state index in [0.717, 1.165) is 25.4 Å². The number of morpholine rings is 1. The van der Waals surface area contributed by atoms with Crippen LogP contribution >= 0.6 is 0 Å². The highest BCUT2D eigenvalue weighted by Gasteiger charge is 2.20. The van der Waals surface area contributed by atoms with Crippen LogP contribution < -0.4 is 5.32 Å². The molecule has 0 spiro atoms. The summed E-state index contributed by atoms with van der Waals surface area (Å²) >= 11 is 0. The number of aryl methyl sites for hydroxylation is 1. The van der Waals surface area contributed by atoms with Gasteiger partial charge in [0.2, 0.25) is 5.89 Å². The zero-order chi connectivity index (χ0) is 12.4. The van der Waals surface area contributed by atoms with Gasteiger partial charge in [0, 0.05) is 20.0 Å². The van der Waals surface area contributed by atoms with Crippen LogP contribution in [0.1, 0.15) is 23.5 Å². The van der Waals surface area contributed by atoms with Crippen LogP contribution in [0.15, 0.2) is 17.0 Å². The van der Waals surface area contributed by atoms with Crippen LogP contribution in [0.4, 0.5) is 0 Å². The van der Waals surface area contributed by atoms with Crippen LogP contribution in [0.3, 0.4) is 0 Å². The van der Waals surface area contributed by atoms with Gasteiger partial charge in [-0.15, -0.1) is 0 Å². The predicted molar refractivity (Wildman–Crippen MR) is 61.9 cm³/mol. The highest BCUT2D eigenvalue weighted by atomic mass is 16.5. The first-order valence-electron chi connectivity index (χ1n) is 5.94. The maximum absolute atomic E-state index is 5.72. The highest BCUT2D eigenvalue weighted by molar-refractivity contribution is 5.06. The smallest absolute Gasteiger partial charge is 0.223 e. The van der Waals surface area contributed by atoms with E-state index in [-0.39, 0.29) is 6.10 Å². The van der Waals surface area contributed by atoms with Crippen molar-refractivity contribution in [3.05, 3.63) is 29.9 Å². The Balaban J connectivity index is 1.78. The second-order valence-electron chi connectivity index (χ2n) is 4.24. The Kier molecular flexibility index (Phi) is 3.07. The van der Waals surface area contributed by atoms with E-state index in [9.17, 15) is 0 Å². The molecule has 1 aliphatic heterocycles. The maximum Gasteiger partial charge on any atom is 0.223 e. The Morgan fingerprint density at radius 2 is 2.50 bits per heavy atom. The molecule has 1 N–H and O–H groups in total. The molecule has 3 heterocycles. The van der Waals surface area contributed by atoms with E-state index < -0.39 is 0 Å². The van der Waals surface area contributed by atoms with E-state index >= 15 is 0 Å². The van der Waals surface area contributed by atoms with Crippen molar-refractivity contribution in [3.63, 3.8) is 0 Å². The van der Waals surface area contributed by atoms with Crippen molar-refractivity contribution in [2.75, 3.05) is 19.7 Å². The molecule has 0 bridgehead atoms. The Hall–Kier alpha value is -1.73. The lowest BCUT2D eigenvalue weighted by atomic mass is 10.2. The molecule has 7 heteroatoms. The number of aromatic nitrogens is 4. The van der Waals surface area contributed by atoms with Gasteiger partial charge in [-0.25, -0.2) is 4.98 Å². The van der Waals surface area contributed by atoms with Gasteiger partial charge in [-0.1, -0.05) is 5.16 Å². The minimum atomic E-state index is 0.0363. The van der Waals surface area contributed by atoms with Crippen LogP contribution in [0.5, 0.6) is 0 Å². The standard InChI is InChI=1S/C11H15N5O2/c1-8-14-11(15-18-8)6-16-7-13-4-9(16)10-5-12-2-3-17-10/h4,7,10,12H,2-3,5-6H2,1H3. The van der Waals surface area contributed by atoms with Crippen LogP contribution in [-0.2, 0) is 11.3 Å². The summed E-state index contributed by atoms with van der Waals surface area (Å²) < 4.78 is 12.7. The summed E-state index contributed by atoms with van der Waals surface area (Å²) in [6.07, 6.45) is 3.62. The van der Waals surface area contributed by atoms with Gasteiger partial charge >= 0.3 is 0 Å². The summed E-state index contributed by atoms with van der Waals surface area (Å²) in [5.74, 6) is 1.22. The van der Waals surface area contributed by atoms with E-state index in [2.05, 4.69) is 20.4 Å². The largest absolute Gasteiger partial charge is 0.369 e. The van der Waals surface area contributed by atoms with Gasteiger partial charge in [0.1, 0.15) is 6.10 Å². The van der Waals surface area contributed by atoms with Crippen LogP contribution in [0.25, 0.3) is 0 Å². The van der Waals surface area contributed by atoms with Crippen molar-refractivity contribution in [2.45, 2.75) is 19.6 Å². The van der Waals surface area contributed by atoms with Gasteiger partial charge in [0.15, 0.2) is 5.82 Å². The molecule has 1 aliphatic rings. The fourth-order valence-electron chi connectivity index (χ4n) is 2.04. The van der Waals surface area contributed by atoms with Gasteiger partial charge in [0.25, 0.3) is 0 Å². The summed E-state index contributed by atoms with van der Waals surface area (Å²) in [5.41, 5.74) is 1.03. The molecule has 96 valence electrons. The summed E-state index contributed by atoms with van der Waals surface area (Å²) in [5, 5.41) is 7.19. The van der Waals surface area contributed by atoms with Crippen LogP contribution in [-0.4, -0.2) is 39.4 Å². The highest BCUT2D eigenvalue weighted by Crippen LogP contribution is 2.18. The Morgan fingerprint density at radius 1 is 1.56 bits per heavy atom. The van der Waals surface area contributed by atoms with Crippen LogP contribution in [0, 0.1) is 6.92 Å². The number of imidazole rings is 1. The van der Waals surface area contributed by atoms with E-state index in [1.54, 1.807) is 13.3 Å². The second-order valence-corrected chi connectivity index (χ2v) is 4.24. The van der Waals surface area contributed by atoms with E-state index in [1.807, 2.05) is 10.8 Å². The molecule has 0 aliphatic carbocycles. The third-order valence-electron chi connectivity index (χ3n) is 2.88. The third kappa shape index (κ3) is 2.27. The number of hydrogen-bond donors (Lipinski definition) is 1. The van der Waals surface area contributed by atoms with Crippen molar-refractivity contribution < 1.29 is 9.26 Å². The summed E-state index contributed by atoms with van der Waals surface area (Å²) in [6.45, 7) is 4.74. The topological polar surface area (TPSA) is 78.0 Å². The minimum Gasteiger partial charge on any atom is -0.369 e. The second kappa shape index (κ2) is 4.87. The quantitative estimate of drug-likeness (QED) is 0.842. The van der Waals surface area contributed by atoms with Crippen molar-refractivity contribution in [1.82, 2.24) is 25.0 Å². The third-order valence-corrected chi connectivity index (χ3v) is 2.88. The fourth-order valence-corrected chi connectivity index (χ4v) is 2.04. The molecular formula is C11H15N5O2. The SMILES string of the molecule is Cc1nc(Cn2cncc2C2CNCCO2)no1.